The van der Waals surface area contributed by atoms with Crippen LogP contribution in [0.25, 0.3) is 0 Å². The van der Waals surface area contributed by atoms with Crippen LogP contribution in [0.3, 0.4) is 0 Å². The third-order valence-corrected chi connectivity index (χ3v) is 6.61. The Morgan fingerprint density at radius 2 is 1.47 bits per heavy atom. The van der Waals surface area contributed by atoms with Gasteiger partial charge in [-0.15, -0.1) is 11.1 Å². The zero-order valence-corrected chi connectivity index (χ0v) is 18.1. The smallest absolute Gasteiger partial charge is 0.358 e. The molecular formula is C18H28N6O5S. The summed E-state index contributed by atoms with van der Waals surface area (Å²) in [5.74, 6) is -0.894. The number of carbonyl (C=O) groups excluding carboxylic acids is 2. The molecule has 0 aromatic heterocycles. The number of esters is 2. The van der Waals surface area contributed by atoms with E-state index in [1.165, 1.54) is 11.8 Å². The Hall–Kier alpha value is -2.15. The number of hydrazine groups is 4. The highest BCUT2D eigenvalue weighted by molar-refractivity contribution is 8.06. The quantitative estimate of drug-likeness (QED) is 0.422. The lowest BCUT2D eigenvalue weighted by Gasteiger charge is -2.42. The number of thioether (sulfide) groups is 1. The van der Waals surface area contributed by atoms with Crippen LogP contribution >= 0.6 is 11.8 Å². The van der Waals surface area contributed by atoms with E-state index in [0.717, 1.165) is 19.3 Å². The van der Waals surface area contributed by atoms with Gasteiger partial charge in [0.15, 0.2) is 11.4 Å². The lowest BCUT2D eigenvalue weighted by atomic mass is 9.87. The monoisotopic (exact) mass is 440 g/mol. The van der Waals surface area contributed by atoms with Crippen molar-refractivity contribution in [3.05, 3.63) is 21.5 Å². The van der Waals surface area contributed by atoms with E-state index in [4.69, 9.17) is 14.2 Å². The van der Waals surface area contributed by atoms with Gasteiger partial charge in [0.25, 0.3) is 0 Å². The summed E-state index contributed by atoms with van der Waals surface area (Å²) in [5.41, 5.74) is 12.8. The molecule has 3 heterocycles. The van der Waals surface area contributed by atoms with Crippen molar-refractivity contribution in [2.24, 2.45) is 0 Å². The van der Waals surface area contributed by atoms with E-state index < -0.39 is 11.9 Å². The average Bonchev–Trinajstić information content (AvgIpc) is 3.31. The Bertz CT molecular complexity index is 774. The predicted octanol–water partition coefficient (Wildman–Crippen LogP) is 0.173. The second-order valence-electron chi connectivity index (χ2n) is 7.14. The summed E-state index contributed by atoms with van der Waals surface area (Å²) >= 11 is 1.32. The lowest BCUT2D eigenvalue weighted by molar-refractivity contribution is -0.139. The van der Waals surface area contributed by atoms with Gasteiger partial charge in [0, 0.05) is 6.61 Å². The minimum atomic E-state index is -0.450. The third-order valence-electron chi connectivity index (χ3n) is 5.42. The fourth-order valence-electron chi connectivity index (χ4n) is 4.18. The van der Waals surface area contributed by atoms with Gasteiger partial charge in [0.05, 0.1) is 31.4 Å². The van der Waals surface area contributed by atoms with E-state index in [0.29, 0.717) is 28.1 Å². The summed E-state index contributed by atoms with van der Waals surface area (Å²) in [5, 5.41) is 5.26. The molecule has 1 saturated carbocycles. The van der Waals surface area contributed by atoms with Gasteiger partial charge in [-0.1, -0.05) is 0 Å². The van der Waals surface area contributed by atoms with Crippen LogP contribution < -0.4 is 21.9 Å². The first kappa shape index (κ1) is 21.1. The van der Waals surface area contributed by atoms with Crippen LogP contribution in [-0.2, 0) is 23.8 Å². The number of fused-ring (bicyclic) bond motifs is 5. The molecule has 4 N–H and O–H groups in total. The maximum Gasteiger partial charge on any atom is 0.358 e. The van der Waals surface area contributed by atoms with Crippen LogP contribution in [0, 0.1) is 0 Å². The minimum absolute atomic E-state index is 0.00873. The molecule has 3 atom stereocenters. The summed E-state index contributed by atoms with van der Waals surface area (Å²) in [6.45, 7) is 6.72. The molecule has 2 fully saturated rings. The van der Waals surface area contributed by atoms with E-state index in [1.54, 1.807) is 13.8 Å². The van der Waals surface area contributed by atoms with Gasteiger partial charge in [-0.3, -0.25) is 20.9 Å². The van der Waals surface area contributed by atoms with Crippen LogP contribution in [-0.4, -0.2) is 60.0 Å². The largest absolute Gasteiger partial charge is 0.461 e. The van der Waals surface area contributed by atoms with E-state index in [9.17, 15) is 9.59 Å². The molecule has 1 saturated heterocycles. The molecule has 0 aromatic carbocycles. The number of carbonyl (C=O) groups is 2. The molecule has 0 aromatic rings. The first-order valence-electron chi connectivity index (χ1n) is 10.3. The molecule has 166 valence electrons. The van der Waals surface area contributed by atoms with Crippen molar-refractivity contribution in [3.8, 4) is 0 Å². The molecule has 3 aliphatic heterocycles. The standard InChI is InChI=1S/C18H28N6O5S/c1-4-27-10-7-8-11-12(9-10)24-16(14(20-22-24)18(26)29-6-3)30-15-13(17(25)28-5-2)19-21-23(11)15/h10-12,19-22H,4-9H2,1-3H3. The Labute approximate surface area is 179 Å². The zero-order chi connectivity index (χ0) is 21.3. The topological polar surface area (TPSA) is 116 Å². The van der Waals surface area contributed by atoms with Gasteiger partial charge in [-0.05, 0) is 51.8 Å². The van der Waals surface area contributed by atoms with Crippen LogP contribution in [0.4, 0.5) is 0 Å². The Balaban J connectivity index is 1.74. The highest BCUT2D eigenvalue weighted by Crippen LogP contribution is 2.45. The van der Waals surface area contributed by atoms with Crippen molar-refractivity contribution in [2.75, 3.05) is 19.8 Å². The van der Waals surface area contributed by atoms with Crippen molar-refractivity contribution in [3.63, 3.8) is 0 Å². The van der Waals surface area contributed by atoms with Gasteiger partial charge < -0.3 is 14.2 Å². The van der Waals surface area contributed by atoms with Crippen molar-refractivity contribution >= 4 is 23.7 Å². The second kappa shape index (κ2) is 8.92. The molecule has 0 amide bonds. The predicted molar refractivity (Wildman–Crippen MR) is 108 cm³/mol. The molecule has 0 spiro atoms. The van der Waals surface area contributed by atoms with Gasteiger partial charge in [0.2, 0.25) is 0 Å². The number of nitrogens with zero attached hydrogens (tertiary/aromatic N) is 2. The molecule has 3 unspecified atom stereocenters. The molecule has 0 bridgehead atoms. The van der Waals surface area contributed by atoms with Gasteiger partial charge in [-0.25, -0.2) is 9.59 Å². The number of hydrogen-bond acceptors (Lipinski definition) is 12. The first-order chi connectivity index (χ1) is 14.6. The zero-order valence-electron chi connectivity index (χ0n) is 17.3. The van der Waals surface area contributed by atoms with Gasteiger partial charge in [0.1, 0.15) is 10.1 Å². The summed E-state index contributed by atoms with van der Waals surface area (Å²) in [6, 6.07) is 0.0301. The molecule has 12 heteroatoms. The highest BCUT2D eigenvalue weighted by Gasteiger charge is 2.49. The Morgan fingerprint density at radius 1 is 0.900 bits per heavy atom. The molecule has 4 rings (SSSR count). The maximum atomic E-state index is 12.5. The average molecular weight is 441 g/mol. The fourth-order valence-corrected chi connectivity index (χ4v) is 5.40. The second-order valence-corrected chi connectivity index (χ2v) is 8.12. The van der Waals surface area contributed by atoms with Crippen LogP contribution in [0.5, 0.6) is 0 Å². The van der Waals surface area contributed by atoms with E-state index in [1.807, 2.05) is 16.9 Å². The third kappa shape index (κ3) is 3.68. The summed E-state index contributed by atoms with van der Waals surface area (Å²) in [7, 11) is 0. The van der Waals surface area contributed by atoms with Gasteiger partial charge >= 0.3 is 11.9 Å². The van der Waals surface area contributed by atoms with Crippen molar-refractivity contribution in [2.45, 2.75) is 58.2 Å². The van der Waals surface area contributed by atoms with Crippen molar-refractivity contribution < 1.29 is 23.8 Å². The molecule has 1 aliphatic carbocycles. The molecule has 0 radical (unpaired) electrons. The van der Waals surface area contributed by atoms with Crippen molar-refractivity contribution in [1.29, 1.82) is 0 Å². The van der Waals surface area contributed by atoms with Crippen molar-refractivity contribution in [1.82, 2.24) is 31.9 Å². The normalized spacial score (nSPS) is 27.6. The Kier molecular flexibility index (Phi) is 6.27. The minimum Gasteiger partial charge on any atom is -0.461 e. The number of nitrogens with one attached hydrogen (secondary N) is 4. The highest BCUT2D eigenvalue weighted by atomic mass is 32.2. The molecule has 4 aliphatic rings. The van der Waals surface area contributed by atoms with Crippen LogP contribution in [0.2, 0.25) is 0 Å². The van der Waals surface area contributed by atoms with Gasteiger partial charge in [-0.2, -0.15) is 0 Å². The molecular weight excluding hydrogens is 412 g/mol. The van der Waals surface area contributed by atoms with E-state index in [2.05, 4.69) is 21.9 Å². The fraction of sp³-hybridized carbons (Fsp3) is 0.667. The number of ether oxygens (including phenoxy) is 3. The van der Waals surface area contributed by atoms with Crippen LogP contribution in [0.1, 0.15) is 40.0 Å². The Morgan fingerprint density at radius 3 is 2.00 bits per heavy atom. The SMILES string of the molecule is CCOC(=O)C1=C2SC3=C(C(=O)OCC)NNN3C3CC(OCC)CCC3N2NN1. The van der Waals surface area contributed by atoms with E-state index >= 15 is 0 Å². The number of hydrogen-bond donors (Lipinski definition) is 4. The summed E-state index contributed by atoms with van der Waals surface area (Å²) < 4.78 is 16.3. The number of rotatable bonds is 6. The lowest BCUT2D eigenvalue weighted by Crippen LogP contribution is -2.59. The summed E-state index contributed by atoms with van der Waals surface area (Å²) in [6.07, 6.45) is 2.66. The first-order valence-corrected chi connectivity index (χ1v) is 11.1. The summed E-state index contributed by atoms with van der Waals surface area (Å²) in [4.78, 5) is 25.1. The molecule has 11 nitrogen and oxygen atoms in total. The molecule has 30 heavy (non-hydrogen) atoms. The van der Waals surface area contributed by atoms with E-state index in [-0.39, 0.29) is 31.4 Å². The van der Waals surface area contributed by atoms with Crippen LogP contribution in [0.15, 0.2) is 21.5 Å². The maximum absolute atomic E-state index is 12.5.